The van der Waals surface area contributed by atoms with Gasteiger partial charge in [-0.15, -0.1) is 0 Å². The average Bonchev–Trinajstić information content (AvgIpc) is 2.37. The van der Waals surface area contributed by atoms with Crippen molar-refractivity contribution in [3.8, 4) is 0 Å². The third-order valence-electron chi connectivity index (χ3n) is 4.26. The van der Waals surface area contributed by atoms with Gasteiger partial charge in [0.15, 0.2) is 0 Å². The van der Waals surface area contributed by atoms with Gasteiger partial charge >= 0.3 is 0 Å². The summed E-state index contributed by atoms with van der Waals surface area (Å²) in [5.41, 5.74) is 4.03. The molecule has 4 atom stereocenters. The summed E-state index contributed by atoms with van der Waals surface area (Å²) in [6.45, 7) is 9.32. The molecule has 1 N–H and O–H groups in total. The molecule has 0 bridgehead atoms. The highest BCUT2D eigenvalue weighted by atomic mass is 16.5. The zero-order valence-electron chi connectivity index (χ0n) is 13.3. The number of benzene rings is 1. The van der Waals surface area contributed by atoms with Crippen molar-refractivity contribution in [3.05, 3.63) is 34.9 Å². The van der Waals surface area contributed by atoms with Crippen LogP contribution < -0.4 is 5.32 Å². The summed E-state index contributed by atoms with van der Waals surface area (Å²) >= 11 is 0. The predicted octanol–water partition coefficient (Wildman–Crippen LogP) is 3.15. The van der Waals surface area contributed by atoms with Crippen molar-refractivity contribution in [3.63, 3.8) is 0 Å². The molecular weight excluding hydrogens is 250 g/mol. The smallest absolute Gasteiger partial charge is 0.0987 e. The molecule has 3 nitrogen and oxygen atoms in total. The highest BCUT2D eigenvalue weighted by Crippen LogP contribution is 2.30. The van der Waals surface area contributed by atoms with E-state index in [2.05, 4.69) is 44.3 Å². The SMILES string of the molecule is CCOC1CC(NC(C)c2ccc(C)cc2C)C1OC. The molecular formula is C17H27NO2. The second kappa shape index (κ2) is 6.70. The third kappa shape index (κ3) is 3.22. The molecule has 0 aliphatic heterocycles. The van der Waals surface area contributed by atoms with E-state index in [9.17, 15) is 0 Å². The van der Waals surface area contributed by atoms with Crippen molar-refractivity contribution >= 4 is 0 Å². The highest BCUT2D eigenvalue weighted by molar-refractivity contribution is 5.32. The standard InChI is InChI=1S/C17H27NO2/c1-6-20-16-10-15(17(16)19-5)18-13(4)14-8-7-11(2)9-12(14)3/h7-9,13,15-18H,6,10H2,1-5H3. The van der Waals surface area contributed by atoms with Crippen molar-refractivity contribution in [1.29, 1.82) is 0 Å². The van der Waals surface area contributed by atoms with Crippen LogP contribution in [0.25, 0.3) is 0 Å². The lowest BCUT2D eigenvalue weighted by molar-refractivity contribution is -0.133. The summed E-state index contributed by atoms with van der Waals surface area (Å²) in [5, 5.41) is 3.68. The van der Waals surface area contributed by atoms with Gasteiger partial charge in [-0.05, 0) is 45.2 Å². The minimum Gasteiger partial charge on any atom is -0.377 e. The Labute approximate surface area is 122 Å². The number of aryl methyl sites for hydroxylation is 2. The number of ether oxygens (including phenoxy) is 2. The fourth-order valence-electron chi connectivity index (χ4n) is 3.16. The van der Waals surface area contributed by atoms with Gasteiger partial charge in [0.1, 0.15) is 0 Å². The lowest BCUT2D eigenvalue weighted by Crippen LogP contribution is -2.60. The van der Waals surface area contributed by atoms with Gasteiger partial charge in [0.05, 0.1) is 12.2 Å². The van der Waals surface area contributed by atoms with Crippen LogP contribution in [0, 0.1) is 13.8 Å². The van der Waals surface area contributed by atoms with Crippen LogP contribution in [0.4, 0.5) is 0 Å². The maximum atomic E-state index is 5.67. The molecule has 1 aromatic rings. The molecule has 1 aliphatic rings. The van der Waals surface area contributed by atoms with Gasteiger partial charge < -0.3 is 14.8 Å². The van der Waals surface area contributed by atoms with E-state index in [0.717, 1.165) is 13.0 Å². The second-order valence-electron chi connectivity index (χ2n) is 5.78. The van der Waals surface area contributed by atoms with Crippen LogP contribution in [0.1, 0.15) is 43.0 Å². The van der Waals surface area contributed by atoms with Crippen LogP contribution in [0.2, 0.25) is 0 Å². The van der Waals surface area contributed by atoms with E-state index in [-0.39, 0.29) is 12.2 Å². The predicted molar refractivity (Wildman–Crippen MR) is 82.1 cm³/mol. The molecule has 0 heterocycles. The van der Waals surface area contributed by atoms with Gasteiger partial charge in [0.25, 0.3) is 0 Å². The van der Waals surface area contributed by atoms with E-state index >= 15 is 0 Å². The zero-order valence-corrected chi connectivity index (χ0v) is 13.3. The number of methoxy groups -OCH3 is 1. The number of nitrogens with one attached hydrogen (secondary N) is 1. The Kier molecular flexibility index (Phi) is 5.19. The topological polar surface area (TPSA) is 30.5 Å². The van der Waals surface area contributed by atoms with Crippen LogP contribution in [0.15, 0.2) is 18.2 Å². The number of rotatable bonds is 6. The number of hydrogen-bond acceptors (Lipinski definition) is 3. The Balaban J connectivity index is 1.96. The summed E-state index contributed by atoms with van der Waals surface area (Å²) in [7, 11) is 1.77. The molecule has 0 radical (unpaired) electrons. The summed E-state index contributed by atoms with van der Waals surface area (Å²) in [6.07, 6.45) is 1.44. The van der Waals surface area contributed by atoms with E-state index in [1.807, 2.05) is 6.92 Å². The van der Waals surface area contributed by atoms with E-state index in [1.165, 1.54) is 16.7 Å². The third-order valence-corrected chi connectivity index (χ3v) is 4.26. The molecule has 0 spiro atoms. The maximum Gasteiger partial charge on any atom is 0.0987 e. The summed E-state index contributed by atoms with van der Waals surface area (Å²) in [5.74, 6) is 0. The molecule has 1 saturated carbocycles. The van der Waals surface area contributed by atoms with Crippen LogP contribution in [-0.2, 0) is 9.47 Å². The van der Waals surface area contributed by atoms with Gasteiger partial charge in [-0.3, -0.25) is 0 Å². The second-order valence-corrected chi connectivity index (χ2v) is 5.78. The molecule has 0 aromatic heterocycles. The molecule has 20 heavy (non-hydrogen) atoms. The molecule has 4 unspecified atom stereocenters. The fourth-order valence-corrected chi connectivity index (χ4v) is 3.16. The van der Waals surface area contributed by atoms with E-state index in [1.54, 1.807) is 7.11 Å². The van der Waals surface area contributed by atoms with Gasteiger partial charge in [0, 0.05) is 25.8 Å². The Bertz CT molecular complexity index is 447. The minimum absolute atomic E-state index is 0.170. The van der Waals surface area contributed by atoms with E-state index in [0.29, 0.717) is 12.1 Å². The van der Waals surface area contributed by atoms with Gasteiger partial charge in [-0.2, -0.15) is 0 Å². The van der Waals surface area contributed by atoms with Crippen molar-refractivity contribution in [1.82, 2.24) is 5.32 Å². The van der Waals surface area contributed by atoms with Gasteiger partial charge in [-0.1, -0.05) is 23.8 Å². The van der Waals surface area contributed by atoms with Gasteiger partial charge in [0.2, 0.25) is 0 Å². The van der Waals surface area contributed by atoms with Crippen molar-refractivity contribution in [2.75, 3.05) is 13.7 Å². The molecule has 2 rings (SSSR count). The Morgan fingerprint density at radius 2 is 2.10 bits per heavy atom. The molecule has 0 amide bonds. The van der Waals surface area contributed by atoms with Crippen LogP contribution in [0.5, 0.6) is 0 Å². The zero-order chi connectivity index (χ0) is 14.7. The molecule has 112 valence electrons. The first kappa shape index (κ1) is 15.5. The molecule has 0 saturated heterocycles. The lowest BCUT2D eigenvalue weighted by atomic mass is 9.84. The summed E-state index contributed by atoms with van der Waals surface area (Å²) in [4.78, 5) is 0. The quantitative estimate of drug-likeness (QED) is 0.866. The normalized spacial score (nSPS) is 27.1. The summed E-state index contributed by atoms with van der Waals surface area (Å²) in [6, 6.07) is 7.36. The van der Waals surface area contributed by atoms with Crippen LogP contribution in [-0.4, -0.2) is 32.0 Å². The number of hydrogen-bond donors (Lipinski definition) is 1. The monoisotopic (exact) mass is 277 g/mol. The molecule has 1 aromatic carbocycles. The molecule has 3 heteroatoms. The molecule has 1 aliphatic carbocycles. The largest absolute Gasteiger partial charge is 0.377 e. The first-order valence-corrected chi connectivity index (χ1v) is 7.54. The van der Waals surface area contributed by atoms with Gasteiger partial charge in [-0.25, -0.2) is 0 Å². The fraction of sp³-hybridized carbons (Fsp3) is 0.647. The van der Waals surface area contributed by atoms with Crippen LogP contribution >= 0.6 is 0 Å². The van der Waals surface area contributed by atoms with Crippen molar-refractivity contribution in [2.45, 2.75) is 58.4 Å². The Morgan fingerprint density at radius 3 is 2.70 bits per heavy atom. The van der Waals surface area contributed by atoms with E-state index in [4.69, 9.17) is 9.47 Å². The maximum absolute atomic E-state index is 5.67. The Morgan fingerprint density at radius 1 is 1.35 bits per heavy atom. The first-order chi connectivity index (χ1) is 9.56. The minimum atomic E-state index is 0.170. The average molecular weight is 277 g/mol. The van der Waals surface area contributed by atoms with E-state index < -0.39 is 0 Å². The lowest BCUT2D eigenvalue weighted by Gasteiger charge is -2.44. The first-order valence-electron chi connectivity index (χ1n) is 7.54. The summed E-state index contributed by atoms with van der Waals surface area (Å²) < 4.78 is 11.2. The highest BCUT2D eigenvalue weighted by Gasteiger charge is 2.42. The van der Waals surface area contributed by atoms with Crippen molar-refractivity contribution in [2.24, 2.45) is 0 Å². The van der Waals surface area contributed by atoms with Crippen LogP contribution in [0.3, 0.4) is 0 Å². The van der Waals surface area contributed by atoms with Crippen molar-refractivity contribution < 1.29 is 9.47 Å². The Hall–Kier alpha value is -0.900. The molecule has 1 fully saturated rings.